The lowest BCUT2D eigenvalue weighted by Crippen LogP contribution is -2.47. The van der Waals surface area contributed by atoms with Crippen molar-refractivity contribution in [3.63, 3.8) is 0 Å². The van der Waals surface area contributed by atoms with Gasteiger partial charge >= 0.3 is 0 Å². The minimum absolute atomic E-state index is 0.000197. The molecule has 0 aromatic rings. The smallest absolute Gasteiger partial charge is 0.233 e. The zero-order valence-electron chi connectivity index (χ0n) is 11.6. The van der Waals surface area contributed by atoms with E-state index in [4.69, 9.17) is 10.9 Å². The van der Waals surface area contributed by atoms with E-state index < -0.39 is 5.92 Å². The van der Waals surface area contributed by atoms with Gasteiger partial charge in [0.05, 0.1) is 0 Å². The highest BCUT2D eigenvalue weighted by atomic mass is 16.4. The van der Waals surface area contributed by atoms with Crippen LogP contribution in [0.2, 0.25) is 0 Å². The Kier molecular flexibility index (Phi) is 5.99. The molecule has 5 heteroatoms. The van der Waals surface area contributed by atoms with Gasteiger partial charge in [-0.3, -0.25) is 4.79 Å². The van der Waals surface area contributed by atoms with Crippen LogP contribution in [0, 0.1) is 17.8 Å². The van der Waals surface area contributed by atoms with Gasteiger partial charge in [0.1, 0.15) is 5.92 Å². The number of carbonyl (C=O) groups excluding carboxylic acids is 1. The van der Waals surface area contributed by atoms with Crippen molar-refractivity contribution in [2.45, 2.75) is 40.7 Å². The summed E-state index contributed by atoms with van der Waals surface area (Å²) in [5.41, 5.74) is 5.59. The zero-order chi connectivity index (χ0) is 13.7. The van der Waals surface area contributed by atoms with Crippen LogP contribution in [0.4, 0.5) is 0 Å². The van der Waals surface area contributed by atoms with Gasteiger partial charge in [-0.2, -0.15) is 0 Å². The van der Waals surface area contributed by atoms with Gasteiger partial charge in [-0.15, -0.1) is 0 Å². The monoisotopic (exact) mass is 243 g/mol. The van der Waals surface area contributed by atoms with E-state index in [-0.39, 0.29) is 23.7 Å². The summed E-state index contributed by atoms with van der Waals surface area (Å²) >= 11 is 0. The van der Waals surface area contributed by atoms with Crippen LogP contribution in [-0.2, 0) is 4.79 Å². The Morgan fingerprint density at radius 3 is 1.94 bits per heavy atom. The van der Waals surface area contributed by atoms with Gasteiger partial charge in [0.25, 0.3) is 0 Å². The van der Waals surface area contributed by atoms with E-state index in [1.54, 1.807) is 11.9 Å². The predicted molar refractivity (Wildman–Crippen MR) is 68.8 cm³/mol. The van der Waals surface area contributed by atoms with Crippen LogP contribution in [0.3, 0.4) is 0 Å². The number of nitrogens with two attached hydrogens (primary N) is 1. The fourth-order valence-electron chi connectivity index (χ4n) is 1.68. The minimum atomic E-state index is -0.564. The Morgan fingerprint density at radius 2 is 1.65 bits per heavy atom. The fourth-order valence-corrected chi connectivity index (χ4v) is 1.68. The largest absolute Gasteiger partial charge is 0.409 e. The lowest BCUT2D eigenvalue weighted by molar-refractivity contribution is -0.135. The van der Waals surface area contributed by atoms with Crippen LogP contribution < -0.4 is 5.73 Å². The Balaban J connectivity index is 4.98. The summed E-state index contributed by atoms with van der Waals surface area (Å²) in [6.45, 7) is 9.87. The van der Waals surface area contributed by atoms with Crippen LogP contribution in [-0.4, -0.2) is 34.9 Å². The van der Waals surface area contributed by atoms with Gasteiger partial charge in [-0.1, -0.05) is 32.9 Å². The molecule has 100 valence electrons. The molecule has 0 heterocycles. The molecule has 0 spiro atoms. The molecule has 0 fully saturated rings. The molecule has 0 radical (unpaired) electrons. The molecule has 2 atom stereocenters. The molecule has 17 heavy (non-hydrogen) atoms. The van der Waals surface area contributed by atoms with E-state index in [0.717, 1.165) is 0 Å². The first-order chi connectivity index (χ1) is 7.73. The molecule has 5 nitrogen and oxygen atoms in total. The molecule has 0 aromatic heterocycles. The van der Waals surface area contributed by atoms with E-state index in [1.165, 1.54) is 0 Å². The molecular formula is C12H25N3O2. The molecule has 0 aliphatic rings. The standard InChI is InChI=1S/C12H25N3O2/c1-7(2)9(5)15(6)12(16)10(8(3)4)11(13)14-17/h7-10,17H,1-6H3,(H2,13,14). The van der Waals surface area contributed by atoms with Crippen molar-refractivity contribution in [2.24, 2.45) is 28.6 Å². The van der Waals surface area contributed by atoms with E-state index >= 15 is 0 Å². The quantitative estimate of drug-likeness (QED) is 0.332. The highest BCUT2D eigenvalue weighted by molar-refractivity contribution is 6.02. The first-order valence-corrected chi connectivity index (χ1v) is 5.98. The third-order valence-corrected chi connectivity index (χ3v) is 3.29. The summed E-state index contributed by atoms with van der Waals surface area (Å²) in [5.74, 6) is -0.320. The second kappa shape index (κ2) is 6.47. The van der Waals surface area contributed by atoms with Gasteiger partial charge in [0.15, 0.2) is 5.84 Å². The number of hydrogen-bond donors (Lipinski definition) is 2. The molecule has 3 N–H and O–H groups in total. The molecule has 2 unspecified atom stereocenters. The molecule has 0 rings (SSSR count). The second-order valence-electron chi connectivity index (χ2n) is 5.18. The first-order valence-electron chi connectivity index (χ1n) is 5.98. The van der Waals surface area contributed by atoms with Gasteiger partial charge in [0.2, 0.25) is 5.91 Å². The van der Waals surface area contributed by atoms with Crippen molar-refractivity contribution in [3.05, 3.63) is 0 Å². The first kappa shape index (κ1) is 15.7. The van der Waals surface area contributed by atoms with Crippen molar-refractivity contribution < 1.29 is 10.0 Å². The molecule has 0 aliphatic heterocycles. The number of oxime groups is 1. The van der Waals surface area contributed by atoms with Crippen LogP contribution in [0.25, 0.3) is 0 Å². The minimum Gasteiger partial charge on any atom is -0.409 e. The van der Waals surface area contributed by atoms with Gasteiger partial charge in [-0.25, -0.2) is 0 Å². The molecule has 0 saturated carbocycles. The van der Waals surface area contributed by atoms with Gasteiger partial charge < -0.3 is 15.8 Å². The number of nitrogens with zero attached hydrogens (tertiary/aromatic N) is 2. The maximum absolute atomic E-state index is 12.3. The summed E-state index contributed by atoms with van der Waals surface area (Å²) in [6, 6.07) is 0.121. The van der Waals surface area contributed by atoms with Crippen molar-refractivity contribution in [2.75, 3.05) is 7.05 Å². The summed E-state index contributed by atoms with van der Waals surface area (Å²) in [6.07, 6.45) is 0. The average molecular weight is 243 g/mol. The predicted octanol–water partition coefficient (Wildman–Crippen LogP) is 1.51. The number of carbonyl (C=O) groups is 1. The Hall–Kier alpha value is -1.26. The van der Waals surface area contributed by atoms with Crippen molar-refractivity contribution >= 4 is 11.7 Å². The summed E-state index contributed by atoms with van der Waals surface area (Å²) in [5, 5.41) is 11.7. The van der Waals surface area contributed by atoms with Gasteiger partial charge in [0, 0.05) is 13.1 Å². The lowest BCUT2D eigenvalue weighted by Gasteiger charge is -2.32. The molecule has 0 saturated heterocycles. The lowest BCUT2D eigenvalue weighted by atomic mass is 9.92. The zero-order valence-corrected chi connectivity index (χ0v) is 11.6. The van der Waals surface area contributed by atoms with Crippen LogP contribution in [0.5, 0.6) is 0 Å². The molecule has 0 aliphatic carbocycles. The van der Waals surface area contributed by atoms with Crippen LogP contribution in [0.15, 0.2) is 5.16 Å². The van der Waals surface area contributed by atoms with E-state index in [9.17, 15) is 4.79 Å². The number of hydrogen-bond acceptors (Lipinski definition) is 3. The van der Waals surface area contributed by atoms with Crippen molar-refractivity contribution in [3.8, 4) is 0 Å². The maximum atomic E-state index is 12.3. The molecular weight excluding hydrogens is 218 g/mol. The summed E-state index contributed by atoms with van der Waals surface area (Å²) < 4.78 is 0. The van der Waals surface area contributed by atoms with Gasteiger partial charge in [-0.05, 0) is 18.8 Å². The summed E-state index contributed by atoms with van der Waals surface area (Å²) in [7, 11) is 1.76. The normalized spacial score (nSPS) is 16.1. The van der Waals surface area contributed by atoms with Crippen molar-refractivity contribution in [1.82, 2.24) is 4.90 Å². The molecule has 0 aromatic carbocycles. The Labute approximate surface area is 104 Å². The van der Waals surface area contributed by atoms with E-state index in [2.05, 4.69) is 19.0 Å². The third kappa shape index (κ3) is 3.91. The van der Waals surface area contributed by atoms with E-state index in [0.29, 0.717) is 5.92 Å². The maximum Gasteiger partial charge on any atom is 0.233 e. The number of amidine groups is 1. The topological polar surface area (TPSA) is 78.9 Å². The number of rotatable bonds is 5. The second-order valence-corrected chi connectivity index (χ2v) is 5.18. The van der Waals surface area contributed by atoms with Crippen LogP contribution in [0.1, 0.15) is 34.6 Å². The highest BCUT2D eigenvalue weighted by Crippen LogP contribution is 2.18. The molecule has 1 amide bonds. The Bertz CT molecular complexity index is 287. The highest BCUT2D eigenvalue weighted by Gasteiger charge is 2.31. The SMILES string of the molecule is CC(C)C(C(=O)N(C)C(C)C(C)C)/C(N)=N/O. The molecule has 0 bridgehead atoms. The number of amides is 1. The van der Waals surface area contributed by atoms with Crippen molar-refractivity contribution in [1.29, 1.82) is 0 Å². The average Bonchev–Trinajstić information content (AvgIpc) is 2.25. The van der Waals surface area contributed by atoms with E-state index in [1.807, 2.05) is 20.8 Å². The Morgan fingerprint density at radius 1 is 1.18 bits per heavy atom. The van der Waals surface area contributed by atoms with Crippen LogP contribution >= 0.6 is 0 Å². The summed E-state index contributed by atoms with van der Waals surface area (Å²) in [4.78, 5) is 14.0. The fraction of sp³-hybridized carbons (Fsp3) is 0.833. The third-order valence-electron chi connectivity index (χ3n) is 3.29.